The molecule has 1 aliphatic rings. The molecule has 0 bridgehead atoms. The maximum Gasteiger partial charge on any atom is 0.270 e. The van der Waals surface area contributed by atoms with E-state index in [0.29, 0.717) is 24.9 Å². The van der Waals surface area contributed by atoms with E-state index in [-0.39, 0.29) is 29.1 Å². The molecule has 0 unspecified atom stereocenters. The average molecular weight is 414 g/mol. The highest BCUT2D eigenvalue weighted by Crippen LogP contribution is 2.20. The Bertz CT molecular complexity index is 1020. The molecule has 0 radical (unpaired) electrons. The van der Waals surface area contributed by atoms with E-state index in [1.54, 1.807) is 17.0 Å². The van der Waals surface area contributed by atoms with Crippen LogP contribution in [0.15, 0.2) is 60.7 Å². The molecule has 1 aliphatic heterocycles. The third kappa shape index (κ3) is 5.74. The van der Waals surface area contributed by atoms with Gasteiger partial charge in [0, 0.05) is 30.8 Å². The third-order valence-electron chi connectivity index (χ3n) is 4.92. The number of carbonyl (C=O) groups is 1. The van der Waals surface area contributed by atoms with E-state index < -0.39 is 14.8 Å². The molecule has 29 heavy (non-hydrogen) atoms. The number of nitrogens with zero attached hydrogens (tertiary/aromatic N) is 2. The van der Waals surface area contributed by atoms with Gasteiger partial charge >= 0.3 is 0 Å². The Hall–Kier alpha value is -3.00. The smallest absolute Gasteiger partial charge is 0.270 e. The number of carbonyl (C=O) groups excluding carboxylic acids is 1. The van der Waals surface area contributed by atoms with Crippen LogP contribution >= 0.6 is 0 Å². The van der Waals surface area contributed by atoms with Gasteiger partial charge in [-0.15, -0.1) is 0 Å². The first kappa shape index (κ1) is 20.7. The van der Waals surface area contributed by atoms with E-state index >= 15 is 0 Å². The minimum absolute atomic E-state index is 0.0296. The molecule has 1 atom stereocenters. The fraction of sp³-hybridized carbons (Fsp3) is 0.286. The molecule has 1 fully saturated rings. The van der Waals surface area contributed by atoms with Crippen molar-refractivity contribution < 1.29 is 18.1 Å². The lowest BCUT2D eigenvalue weighted by atomic mass is 10.1. The number of hydrogen-bond donors (Lipinski definition) is 0. The van der Waals surface area contributed by atoms with E-state index in [4.69, 9.17) is 0 Å². The van der Waals surface area contributed by atoms with Crippen LogP contribution in [0.3, 0.4) is 0 Å². The molecule has 0 saturated carbocycles. The number of amides is 1. The number of nitro benzene ring substituents is 1. The summed E-state index contributed by atoms with van der Waals surface area (Å²) in [7, 11) is -3.13. The van der Waals surface area contributed by atoms with Crippen molar-refractivity contribution >= 4 is 27.5 Å². The summed E-state index contributed by atoms with van der Waals surface area (Å²) in [4.78, 5) is 24.9. The number of nitro groups is 1. The SMILES string of the molecule is O=C(/C=C/c1cccc([N+](=O)[O-])c1)N(CCc1ccccc1)[C@H]1CCS(=O)(=O)C1. The molecule has 0 aromatic heterocycles. The Morgan fingerprint density at radius 1 is 1.17 bits per heavy atom. The number of rotatable bonds is 7. The average Bonchev–Trinajstić information content (AvgIpc) is 3.07. The van der Waals surface area contributed by atoms with E-state index in [0.717, 1.165) is 5.56 Å². The highest BCUT2D eigenvalue weighted by Gasteiger charge is 2.33. The van der Waals surface area contributed by atoms with Gasteiger partial charge < -0.3 is 4.90 Å². The van der Waals surface area contributed by atoms with Gasteiger partial charge in [-0.25, -0.2) is 8.42 Å². The van der Waals surface area contributed by atoms with Crippen molar-refractivity contribution in [1.29, 1.82) is 0 Å². The molecular formula is C21H22N2O5S. The van der Waals surface area contributed by atoms with E-state index in [1.807, 2.05) is 30.3 Å². The minimum Gasteiger partial charge on any atom is -0.335 e. The van der Waals surface area contributed by atoms with Gasteiger partial charge in [0.15, 0.2) is 9.84 Å². The maximum atomic E-state index is 12.9. The first-order valence-corrected chi connectivity index (χ1v) is 11.1. The van der Waals surface area contributed by atoms with Crippen LogP contribution < -0.4 is 0 Å². The summed E-state index contributed by atoms with van der Waals surface area (Å²) in [5, 5.41) is 10.9. The van der Waals surface area contributed by atoms with Gasteiger partial charge in [-0.2, -0.15) is 0 Å². The standard InChI is InChI=1S/C21H22N2O5S/c24-21(10-9-18-7-4-8-19(15-18)23(25)26)22(20-12-14-29(27,28)16-20)13-11-17-5-2-1-3-6-17/h1-10,15,20H,11-14,16H2/b10-9+/t20-/m0/s1. The second kappa shape index (κ2) is 9.00. The quantitative estimate of drug-likeness (QED) is 0.394. The second-order valence-corrected chi connectivity index (χ2v) is 9.24. The number of non-ortho nitro benzene ring substituents is 1. The van der Waals surface area contributed by atoms with Crippen LogP contribution in [0.5, 0.6) is 0 Å². The van der Waals surface area contributed by atoms with Gasteiger partial charge in [0.1, 0.15) is 0 Å². The molecule has 8 heteroatoms. The molecule has 0 aliphatic carbocycles. The lowest BCUT2D eigenvalue weighted by molar-refractivity contribution is -0.384. The monoisotopic (exact) mass is 414 g/mol. The van der Waals surface area contributed by atoms with Crippen molar-refractivity contribution in [2.45, 2.75) is 18.9 Å². The molecule has 0 spiro atoms. The molecule has 0 N–H and O–H groups in total. The molecule has 1 heterocycles. The third-order valence-corrected chi connectivity index (χ3v) is 6.67. The first-order valence-electron chi connectivity index (χ1n) is 9.31. The molecule has 152 valence electrons. The van der Waals surface area contributed by atoms with Crippen LogP contribution in [0.1, 0.15) is 17.5 Å². The van der Waals surface area contributed by atoms with Crippen molar-refractivity contribution in [2.24, 2.45) is 0 Å². The fourth-order valence-electron chi connectivity index (χ4n) is 3.39. The molecule has 3 rings (SSSR count). The highest BCUT2D eigenvalue weighted by molar-refractivity contribution is 7.91. The molecule has 7 nitrogen and oxygen atoms in total. The zero-order chi connectivity index (χ0) is 20.9. The van der Waals surface area contributed by atoms with Crippen LogP contribution in [-0.4, -0.2) is 48.2 Å². The lowest BCUT2D eigenvalue weighted by Gasteiger charge is -2.27. The van der Waals surface area contributed by atoms with Crippen LogP contribution in [0.4, 0.5) is 5.69 Å². The van der Waals surface area contributed by atoms with Crippen molar-refractivity contribution in [3.05, 3.63) is 81.9 Å². The molecule has 1 amide bonds. The first-order chi connectivity index (χ1) is 13.8. The van der Waals surface area contributed by atoms with Crippen molar-refractivity contribution in [2.75, 3.05) is 18.1 Å². The zero-order valence-corrected chi connectivity index (χ0v) is 16.6. The summed E-state index contributed by atoms with van der Waals surface area (Å²) in [6.07, 6.45) is 3.92. The molecule has 2 aromatic carbocycles. The summed E-state index contributed by atoms with van der Waals surface area (Å²) in [6.45, 7) is 0.405. The van der Waals surface area contributed by atoms with Gasteiger partial charge in [0.05, 0.1) is 16.4 Å². The van der Waals surface area contributed by atoms with Gasteiger partial charge in [-0.1, -0.05) is 42.5 Å². The Kier molecular flexibility index (Phi) is 6.43. The van der Waals surface area contributed by atoms with Gasteiger partial charge in [0.25, 0.3) is 5.69 Å². The van der Waals surface area contributed by atoms with Crippen molar-refractivity contribution in [1.82, 2.24) is 4.90 Å². The Morgan fingerprint density at radius 3 is 2.59 bits per heavy atom. The van der Waals surface area contributed by atoms with E-state index in [1.165, 1.54) is 24.3 Å². The predicted molar refractivity (Wildman–Crippen MR) is 111 cm³/mol. The summed E-state index contributed by atoms with van der Waals surface area (Å²) in [5.74, 6) is -0.242. The summed E-state index contributed by atoms with van der Waals surface area (Å²) < 4.78 is 23.8. The van der Waals surface area contributed by atoms with Crippen LogP contribution in [0.25, 0.3) is 6.08 Å². The van der Waals surface area contributed by atoms with Crippen LogP contribution in [0.2, 0.25) is 0 Å². The Labute approximate surface area is 169 Å². The van der Waals surface area contributed by atoms with Crippen LogP contribution in [-0.2, 0) is 21.1 Å². The van der Waals surface area contributed by atoms with E-state index in [9.17, 15) is 23.3 Å². The molecule has 1 saturated heterocycles. The summed E-state index contributed by atoms with van der Waals surface area (Å²) >= 11 is 0. The zero-order valence-electron chi connectivity index (χ0n) is 15.8. The van der Waals surface area contributed by atoms with Crippen LogP contribution in [0, 0.1) is 10.1 Å². The second-order valence-electron chi connectivity index (χ2n) is 7.01. The van der Waals surface area contributed by atoms with Gasteiger partial charge in [-0.05, 0) is 30.0 Å². The highest BCUT2D eigenvalue weighted by atomic mass is 32.2. The molecule has 2 aromatic rings. The minimum atomic E-state index is -3.13. The van der Waals surface area contributed by atoms with Crippen molar-refractivity contribution in [3.63, 3.8) is 0 Å². The Balaban J connectivity index is 1.76. The lowest BCUT2D eigenvalue weighted by Crippen LogP contribution is -2.41. The number of sulfone groups is 1. The van der Waals surface area contributed by atoms with Crippen molar-refractivity contribution in [3.8, 4) is 0 Å². The van der Waals surface area contributed by atoms with Gasteiger partial charge in [0.2, 0.25) is 5.91 Å². The maximum absolute atomic E-state index is 12.9. The fourth-order valence-corrected chi connectivity index (χ4v) is 5.12. The van der Waals surface area contributed by atoms with Gasteiger partial charge in [-0.3, -0.25) is 14.9 Å². The normalized spacial score (nSPS) is 18.0. The predicted octanol–water partition coefficient (Wildman–Crippen LogP) is 2.87. The number of benzene rings is 2. The number of hydrogen-bond acceptors (Lipinski definition) is 5. The largest absolute Gasteiger partial charge is 0.335 e. The Morgan fingerprint density at radius 2 is 1.93 bits per heavy atom. The molecular weight excluding hydrogens is 392 g/mol. The summed E-state index contributed by atoms with van der Waals surface area (Å²) in [5.41, 5.74) is 1.55. The summed E-state index contributed by atoms with van der Waals surface area (Å²) in [6, 6.07) is 15.3. The topological polar surface area (TPSA) is 97.6 Å². The van der Waals surface area contributed by atoms with E-state index in [2.05, 4.69) is 0 Å².